The third kappa shape index (κ3) is 5.44. The summed E-state index contributed by atoms with van der Waals surface area (Å²) in [5.41, 5.74) is 1.89. The number of nitrogens with zero attached hydrogens (tertiary/aromatic N) is 1. The standard InChI is InChI=1S/C19H29N3O2.ClH/c1-4-16(5-2)22-13-15(11-18(22)23)19(24)21-17-10-8-7-9-14(17)12-20-6-3;/h7-10,15-16,20H,4-6,11-13H2,1-3H3,(H,21,24);1H. The van der Waals surface area contributed by atoms with Crippen LogP contribution in [-0.4, -0.2) is 35.8 Å². The fourth-order valence-corrected chi connectivity index (χ4v) is 3.28. The number of amides is 2. The van der Waals surface area contributed by atoms with Gasteiger partial charge in [-0.2, -0.15) is 0 Å². The highest BCUT2D eigenvalue weighted by Gasteiger charge is 2.36. The van der Waals surface area contributed by atoms with Crippen LogP contribution in [0.4, 0.5) is 5.69 Å². The number of rotatable bonds is 8. The summed E-state index contributed by atoms with van der Waals surface area (Å²) in [6, 6.07) is 8.06. The van der Waals surface area contributed by atoms with Gasteiger partial charge in [0.15, 0.2) is 0 Å². The fraction of sp³-hybridized carbons (Fsp3) is 0.579. The van der Waals surface area contributed by atoms with Gasteiger partial charge in [0.05, 0.1) is 5.92 Å². The van der Waals surface area contributed by atoms with E-state index in [1.54, 1.807) is 0 Å². The minimum Gasteiger partial charge on any atom is -0.339 e. The van der Waals surface area contributed by atoms with Crippen LogP contribution in [0.3, 0.4) is 0 Å². The second kappa shape index (κ2) is 10.4. The average molecular weight is 368 g/mol. The van der Waals surface area contributed by atoms with Crippen molar-refractivity contribution in [1.29, 1.82) is 0 Å². The first kappa shape index (κ1) is 21.5. The molecule has 0 bridgehead atoms. The maximum atomic E-state index is 12.6. The van der Waals surface area contributed by atoms with Gasteiger partial charge < -0.3 is 15.5 Å². The summed E-state index contributed by atoms with van der Waals surface area (Å²) < 4.78 is 0. The molecule has 1 aliphatic heterocycles. The largest absolute Gasteiger partial charge is 0.339 e. The molecular formula is C19H30ClN3O2. The molecule has 0 saturated carbocycles. The Morgan fingerprint density at radius 3 is 2.56 bits per heavy atom. The van der Waals surface area contributed by atoms with E-state index in [-0.39, 0.29) is 36.2 Å². The molecule has 1 fully saturated rings. The van der Waals surface area contributed by atoms with Crippen LogP contribution in [0.15, 0.2) is 24.3 Å². The second-order valence-electron chi connectivity index (χ2n) is 6.34. The van der Waals surface area contributed by atoms with Crippen LogP contribution in [0, 0.1) is 5.92 Å². The van der Waals surface area contributed by atoms with Crippen molar-refractivity contribution in [2.45, 2.75) is 52.6 Å². The van der Waals surface area contributed by atoms with Gasteiger partial charge in [0, 0.05) is 31.2 Å². The lowest BCUT2D eigenvalue weighted by atomic mass is 10.1. The van der Waals surface area contributed by atoms with Crippen molar-refractivity contribution < 1.29 is 9.59 Å². The molecule has 1 aromatic rings. The summed E-state index contributed by atoms with van der Waals surface area (Å²) >= 11 is 0. The van der Waals surface area contributed by atoms with Gasteiger partial charge in [0.25, 0.3) is 0 Å². The fourth-order valence-electron chi connectivity index (χ4n) is 3.28. The zero-order valence-corrected chi connectivity index (χ0v) is 16.2. The van der Waals surface area contributed by atoms with Gasteiger partial charge >= 0.3 is 0 Å². The highest BCUT2D eigenvalue weighted by molar-refractivity contribution is 5.97. The SMILES string of the molecule is CCNCc1ccccc1NC(=O)C1CC(=O)N(C(CC)CC)C1.Cl. The predicted octanol–water partition coefficient (Wildman–Crippen LogP) is 3.19. The van der Waals surface area contributed by atoms with Crippen LogP contribution < -0.4 is 10.6 Å². The van der Waals surface area contributed by atoms with Crippen molar-refractivity contribution in [2.75, 3.05) is 18.4 Å². The van der Waals surface area contributed by atoms with Gasteiger partial charge in [-0.1, -0.05) is 39.0 Å². The molecule has 1 aliphatic rings. The first-order valence-corrected chi connectivity index (χ1v) is 8.99. The predicted molar refractivity (Wildman–Crippen MR) is 104 cm³/mol. The number of benzene rings is 1. The Morgan fingerprint density at radius 2 is 1.92 bits per heavy atom. The van der Waals surface area contributed by atoms with E-state index in [0.29, 0.717) is 13.0 Å². The number of nitrogens with one attached hydrogen (secondary N) is 2. The Bertz CT molecular complexity index is 576. The maximum absolute atomic E-state index is 12.6. The number of hydrogen-bond acceptors (Lipinski definition) is 3. The molecule has 140 valence electrons. The number of halogens is 1. The van der Waals surface area contributed by atoms with E-state index in [9.17, 15) is 9.59 Å². The molecule has 25 heavy (non-hydrogen) atoms. The number of carbonyl (C=O) groups is 2. The third-order valence-electron chi connectivity index (χ3n) is 4.75. The summed E-state index contributed by atoms with van der Waals surface area (Å²) in [5, 5.41) is 6.30. The summed E-state index contributed by atoms with van der Waals surface area (Å²) in [4.78, 5) is 26.7. The van der Waals surface area contributed by atoms with E-state index >= 15 is 0 Å². The zero-order chi connectivity index (χ0) is 17.5. The van der Waals surface area contributed by atoms with Crippen LogP contribution in [0.1, 0.15) is 45.6 Å². The number of para-hydroxylation sites is 1. The number of likely N-dealkylation sites (tertiary alicyclic amines) is 1. The molecule has 0 radical (unpaired) electrons. The molecule has 0 spiro atoms. The smallest absolute Gasteiger partial charge is 0.229 e. The normalized spacial score (nSPS) is 16.9. The molecule has 2 rings (SSSR count). The summed E-state index contributed by atoms with van der Waals surface area (Å²) in [7, 11) is 0. The van der Waals surface area contributed by atoms with Crippen molar-refractivity contribution in [3.05, 3.63) is 29.8 Å². The zero-order valence-electron chi connectivity index (χ0n) is 15.4. The molecule has 2 amide bonds. The Hall–Kier alpha value is -1.59. The lowest BCUT2D eigenvalue weighted by Gasteiger charge is -2.26. The first-order valence-electron chi connectivity index (χ1n) is 8.99. The first-order chi connectivity index (χ1) is 11.6. The van der Waals surface area contributed by atoms with Gasteiger partial charge in [-0.05, 0) is 31.0 Å². The number of carbonyl (C=O) groups excluding carboxylic acids is 2. The molecule has 1 atom stereocenters. The summed E-state index contributed by atoms with van der Waals surface area (Å²) in [6.45, 7) is 8.36. The summed E-state index contributed by atoms with van der Waals surface area (Å²) in [6.07, 6.45) is 2.18. The molecule has 2 N–H and O–H groups in total. The van der Waals surface area contributed by atoms with E-state index in [1.807, 2.05) is 29.2 Å². The van der Waals surface area contributed by atoms with Gasteiger partial charge in [-0.15, -0.1) is 12.4 Å². The van der Waals surface area contributed by atoms with E-state index in [4.69, 9.17) is 0 Å². The minimum absolute atomic E-state index is 0. The Morgan fingerprint density at radius 1 is 1.24 bits per heavy atom. The Kier molecular flexibility index (Phi) is 8.93. The average Bonchev–Trinajstić information content (AvgIpc) is 2.97. The van der Waals surface area contributed by atoms with Crippen molar-refractivity contribution >= 4 is 29.9 Å². The van der Waals surface area contributed by atoms with E-state index in [2.05, 4.69) is 31.4 Å². The van der Waals surface area contributed by atoms with Gasteiger partial charge in [0.2, 0.25) is 11.8 Å². The molecule has 1 aromatic carbocycles. The minimum atomic E-state index is -0.259. The lowest BCUT2D eigenvalue weighted by molar-refractivity contribution is -0.130. The topological polar surface area (TPSA) is 61.4 Å². The van der Waals surface area contributed by atoms with Crippen LogP contribution in [0.25, 0.3) is 0 Å². The molecule has 1 saturated heterocycles. The Labute approximate surface area is 157 Å². The molecule has 6 heteroatoms. The van der Waals surface area contributed by atoms with Crippen LogP contribution in [0.2, 0.25) is 0 Å². The van der Waals surface area contributed by atoms with Crippen molar-refractivity contribution in [1.82, 2.24) is 10.2 Å². The molecular weight excluding hydrogens is 338 g/mol. The van der Waals surface area contributed by atoms with Crippen molar-refractivity contribution in [3.8, 4) is 0 Å². The molecule has 5 nitrogen and oxygen atoms in total. The molecule has 0 aliphatic carbocycles. The molecule has 0 aromatic heterocycles. The van der Waals surface area contributed by atoms with Gasteiger partial charge in [0.1, 0.15) is 0 Å². The van der Waals surface area contributed by atoms with Gasteiger partial charge in [-0.3, -0.25) is 9.59 Å². The molecule has 1 heterocycles. The lowest BCUT2D eigenvalue weighted by Crippen LogP contribution is -2.36. The highest BCUT2D eigenvalue weighted by atomic mass is 35.5. The van der Waals surface area contributed by atoms with E-state index < -0.39 is 0 Å². The van der Waals surface area contributed by atoms with E-state index in [0.717, 1.165) is 37.2 Å². The summed E-state index contributed by atoms with van der Waals surface area (Å²) in [5.74, 6) is -0.212. The third-order valence-corrected chi connectivity index (χ3v) is 4.75. The molecule has 1 unspecified atom stereocenters. The monoisotopic (exact) mass is 367 g/mol. The van der Waals surface area contributed by atoms with Crippen molar-refractivity contribution in [3.63, 3.8) is 0 Å². The van der Waals surface area contributed by atoms with Crippen LogP contribution in [0.5, 0.6) is 0 Å². The maximum Gasteiger partial charge on any atom is 0.229 e. The number of hydrogen-bond donors (Lipinski definition) is 2. The van der Waals surface area contributed by atoms with Crippen LogP contribution >= 0.6 is 12.4 Å². The number of anilines is 1. The quantitative estimate of drug-likeness (QED) is 0.741. The van der Waals surface area contributed by atoms with Gasteiger partial charge in [-0.25, -0.2) is 0 Å². The second-order valence-corrected chi connectivity index (χ2v) is 6.34. The highest BCUT2D eigenvalue weighted by Crippen LogP contribution is 2.25. The van der Waals surface area contributed by atoms with Crippen molar-refractivity contribution in [2.24, 2.45) is 5.92 Å². The van der Waals surface area contributed by atoms with E-state index in [1.165, 1.54) is 0 Å². The Balaban J connectivity index is 0.00000312. The van der Waals surface area contributed by atoms with Crippen LogP contribution in [-0.2, 0) is 16.1 Å².